The summed E-state index contributed by atoms with van der Waals surface area (Å²) >= 11 is 1.30. The third kappa shape index (κ3) is 4.97. The van der Waals surface area contributed by atoms with E-state index in [0.717, 1.165) is 36.7 Å². The van der Waals surface area contributed by atoms with Crippen molar-refractivity contribution in [3.63, 3.8) is 0 Å². The molecule has 0 bridgehead atoms. The highest BCUT2D eigenvalue weighted by atomic mass is 32.2. The lowest BCUT2D eigenvalue weighted by molar-refractivity contribution is -0.122. The number of ether oxygens (including phenoxy) is 1. The SMILES string of the molecule is COc1ccccc1NC(=O)CSc1nnc2n(CC(=O)NC3CCCCC3)c3ccccc3n12. The molecule has 1 aliphatic rings. The zero-order valence-corrected chi connectivity index (χ0v) is 20.4. The van der Waals surface area contributed by atoms with Crippen LogP contribution in [-0.4, -0.2) is 49.9 Å². The molecular weight excluding hydrogens is 464 g/mol. The number of imidazole rings is 1. The number of para-hydroxylation sites is 4. The van der Waals surface area contributed by atoms with Gasteiger partial charge in [0.1, 0.15) is 12.3 Å². The van der Waals surface area contributed by atoms with Crippen molar-refractivity contribution in [3.8, 4) is 5.75 Å². The number of nitrogens with zero attached hydrogens (tertiary/aromatic N) is 4. The molecule has 0 aliphatic heterocycles. The molecule has 0 unspecified atom stereocenters. The fraction of sp³-hybridized carbons (Fsp3) is 0.360. The molecule has 182 valence electrons. The van der Waals surface area contributed by atoms with E-state index in [2.05, 4.69) is 20.8 Å². The summed E-state index contributed by atoms with van der Waals surface area (Å²) in [5.74, 6) is 1.14. The van der Waals surface area contributed by atoms with E-state index in [9.17, 15) is 9.59 Å². The second-order valence-corrected chi connectivity index (χ2v) is 9.57. The van der Waals surface area contributed by atoms with Crippen molar-refractivity contribution >= 4 is 46.1 Å². The van der Waals surface area contributed by atoms with E-state index in [4.69, 9.17) is 4.74 Å². The van der Waals surface area contributed by atoms with Crippen molar-refractivity contribution in [2.24, 2.45) is 0 Å². The molecule has 1 fully saturated rings. The second-order valence-electron chi connectivity index (χ2n) is 8.63. The summed E-state index contributed by atoms with van der Waals surface area (Å²) in [5, 5.41) is 15.3. The van der Waals surface area contributed by atoms with Gasteiger partial charge in [0.05, 0.1) is 29.6 Å². The van der Waals surface area contributed by atoms with Gasteiger partial charge in [-0.25, -0.2) is 0 Å². The predicted octanol–water partition coefficient (Wildman–Crippen LogP) is 3.87. The Morgan fingerprint density at radius 3 is 2.54 bits per heavy atom. The van der Waals surface area contributed by atoms with Gasteiger partial charge in [0.15, 0.2) is 5.16 Å². The molecule has 1 saturated carbocycles. The topological polar surface area (TPSA) is 103 Å². The highest BCUT2D eigenvalue weighted by Gasteiger charge is 2.21. The minimum atomic E-state index is -0.174. The van der Waals surface area contributed by atoms with Crippen LogP contribution < -0.4 is 15.4 Å². The van der Waals surface area contributed by atoms with E-state index in [1.54, 1.807) is 19.2 Å². The summed E-state index contributed by atoms with van der Waals surface area (Å²) in [7, 11) is 1.57. The van der Waals surface area contributed by atoms with Crippen LogP contribution in [0.2, 0.25) is 0 Å². The van der Waals surface area contributed by atoms with Gasteiger partial charge in [-0.05, 0) is 37.1 Å². The maximum Gasteiger partial charge on any atom is 0.240 e. The number of rotatable bonds is 8. The Morgan fingerprint density at radius 1 is 1.00 bits per heavy atom. The van der Waals surface area contributed by atoms with Crippen LogP contribution in [0.25, 0.3) is 16.8 Å². The summed E-state index contributed by atoms with van der Waals surface area (Å²) in [6, 6.07) is 15.4. The van der Waals surface area contributed by atoms with Gasteiger partial charge in [-0.15, -0.1) is 10.2 Å². The Labute approximate surface area is 207 Å². The number of hydrogen-bond donors (Lipinski definition) is 2. The molecule has 35 heavy (non-hydrogen) atoms. The molecule has 2 N–H and O–H groups in total. The number of aromatic nitrogens is 4. The monoisotopic (exact) mass is 492 g/mol. The van der Waals surface area contributed by atoms with Gasteiger partial charge in [0.25, 0.3) is 0 Å². The number of nitrogens with one attached hydrogen (secondary N) is 2. The molecule has 10 heteroatoms. The summed E-state index contributed by atoms with van der Waals surface area (Å²) in [5.41, 5.74) is 2.41. The van der Waals surface area contributed by atoms with Gasteiger partial charge in [-0.3, -0.25) is 18.6 Å². The number of amides is 2. The van der Waals surface area contributed by atoms with Crippen LogP contribution >= 0.6 is 11.8 Å². The van der Waals surface area contributed by atoms with Gasteiger partial charge in [0, 0.05) is 6.04 Å². The number of fused-ring (bicyclic) bond motifs is 3. The molecule has 2 heterocycles. The molecule has 0 saturated heterocycles. The second kappa shape index (κ2) is 10.4. The molecule has 1 aliphatic carbocycles. The fourth-order valence-electron chi connectivity index (χ4n) is 4.61. The summed E-state index contributed by atoms with van der Waals surface area (Å²) in [6.45, 7) is 0.171. The zero-order valence-electron chi connectivity index (χ0n) is 19.6. The molecule has 9 nitrogen and oxygen atoms in total. The van der Waals surface area contributed by atoms with E-state index in [1.165, 1.54) is 18.2 Å². The Morgan fingerprint density at radius 2 is 1.74 bits per heavy atom. The molecule has 5 rings (SSSR count). The van der Waals surface area contributed by atoms with E-state index in [1.807, 2.05) is 45.4 Å². The summed E-state index contributed by atoms with van der Waals surface area (Å²) < 4.78 is 9.10. The van der Waals surface area contributed by atoms with Crippen LogP contribution in [0, 0.1) is 0 Å². The zero-order chi connectivity index (χ0) is 24.2. The third-order valence-electron chi connectivity index (χ3n) is 6.26. The first-order valence-corrected chi connectivity index (χ1v) is 12.8. The maximum absolute atomic E-state index is 12.9. The molecule has 0 atom stereocenters. The number of benzene rings is 2. The van der Waals surface area contributed by atoms with E-state index >= 15 is 0 Å². The van der Waals surface area contributed by atoms with Crippen LogP contribution in [0.4, 0.5) is 5.69 Å². The summed E-state index contributed by atoms with van der Waals surface area (Å²) in [4.78, 5) is 25.5. The maximum atomic E-state index is 12.9. The normalized spacial score (nSPS) is 14.3. The largest absolute Gasteiger partial charge is 0.495 e. The van der Waals surface area contributed by atoms with Crippen molar-refractivity contribution < 1.29 is 14.3 Å². The molecule has 2 aromatic heterocycles. The van der Waals surface area contributed by atoms with E-state index in [-0.39, 0.29) is 30.2 Å². The molecular formula is C25H28N6O3S. The smallest absolute Gasteiger partial charge is 0.240 e. The van der Waals surface area contributed by atoms with Gasteiger partial charge in [-0.1, -0.05) is 55.3 Å². The number of hydrogen-bond acceptors (Lipinski definition) is 6. The lowest BCUT2D eigenvalue weighted by Gasteiger charge is -2.22. The molecule has 2 amide bonds. The highest BCUT2D eigenvalue weighted by molar-refractivity contribution is 7.99. The first kappa shape index (κ1) is 23.2. The number of thioether (sulfide) groups is 1. The molecule has 2 aromatic carbocycles. The predicted molar refractivity (Wildman–Crippen MR) is 136 cm³/mol. The van der Waals surface area contributed by atoms with E-state index in [0.29, 0.717) is 22.4 Å². The van der Waals surface area contributed by atoms with Gasteiger partial charge in [-0.2, -0.15) is 0 Å². The first-order chi connectivity index (χ1) is 17.1. The van der Waals surface area contributed by atoms with Gasteiger partial charge >= 0.3 is 0 Å². The summed E-state index contributed by atoms with van der Waals surface area (Å²) in [6.07, 6.45) is 5.65. The van der Waals surface area contributed by atoms with Crippen LogP contribution in [0.5, 0.6) is 5.75 Å². The van der Waals surface area contributed by atoms with Crippen LogP contribution in [-0.2, 0) is 16.1 Å². The average molecular weight is 493 g/mol. The minimum absolute atomic E-state index is 0.0199. The Hall–Kier alpha value is -3.53. The van der Waals surface area contributed by atoms with Crippen LogP contribution in [0.15, 0.2) is 53.7 Å². The van der Waals surface area contributed by atoms with Crippen molar-refractivity contribution in [2.45, 2.75) is 49.8 Å². The lowest BCUT2D eigenvalue weighted by atomic mass is 9.95. The number of carbonyl (C=O) groups is 2. The number of carbonyl (C=O) groups excluding carboxylic acids is 2. The Bertz CT molecular complexity index is 1360. The van der Waals surface area contributed by atoms with Crippen molar-refractivity contribution in [1.82, 2.24) is 24.5 Å². The van der Waals surface area contributed by atoms with Crippen LogP contribution in [0.1, 0.15) is 32.1 Å². The van der Waals surface area contributed by atoms with Crippen molar-refractivity contribution in [2.75, 3.05) is 18.2 Å². The molecule has 4 aromatic rings. The quantitative estimate of drug-likeness (QED) is 0.362. The van der Waals surface area contributed by atoms with Crippen LogP contribution in [0.3, 0.4) is 0 Å². The minimum Gasteiger partial charge on any atom is -0.495 e. The average Bonchev–Trinajstić information content (AvgIpc) is 3.43. The standard InChI is InChI=1S/C25H28N6O3S/c1-34-21-14-8-5-11-18(21)27-23(33)16-35-25-29-28-24-30(19-12-6-7-13-20(19)31(24)25)15-22(32)26-17-9-3-2-4-10-17/h5-8,11-14,17H,2-4,9-10,15-16H2,1H3,(H,26,32)(H,27,33). The number of anilines is 1. The van der Waals surface area contributed by atoms with Crippen molar-refractivity contribution in [1.29, 1.82) is 0 Å². The van der Waals surface area contributed by atoms with Crippen molar-refractivity contribution in [3.05, 3.63) is 48.5 Å². The Kier molecular flexibility index (Phi) is 6.89. The first-order valence-electron chi connectivity index (χ1n) is 11.8. The third-order valence-corrected chi connectivity index (χ3v) is 7.19. The highest BCUT2D eigenvalue weighted by Crippen LogP contribution is 2.27. The Balaban J connectivity index is 1.34. The fourth-order valence-corrected chi connectivity index (χ4v) is 5.35. The van der Waals surface area contributed by atoms with Gasteiger partial charge < -0.3 is 15.4 Å². The number of methoxy groups -OCH3 is 1. The van der Waals surface area contributed by atoms with E-state index < -0.39 is 0 Å². The lowest BCUT2D eigenvalue weighted by Crippen LogP contribution is -2.38. The van der Waals surface area contributed by atoms with Gasteiger partial charge in [0.2, 0.25) is 17.6 Å². The molecule has 0 spiro atoms. The molecule has 0 radical (unpaired) electrons.